The third kappa shape index (κ3) is 4.12. The number of nitrogens with zero attached hydrogens (tertiary/aromatic N) is 3. The van der Waals surface area contributed by atoms with Gasteiger partial charge in [0.05, 0.1) is 28.9 Å². The van der Waals surface area contributed by atoms with E-state index in [1.807, 2.05) is 36.4 Å². The predicted molar refractivity (Wildman–Crippen MR) is 132 cm³/mol. The molecular weight excluding hydrogens is 414 g/mol. The average molecular weight is 438 g/mol. The number of thiazole rings is 1. The SMILES string of the molecule is CCc1cccc2sc(N(Cc3ccccn3)C(=O)Cc3ccc4ccccc4c3)nc12. The quantitative estimate of drug-likeness (QED) is 0.318. The van der Waals surface area contributed by atoms with Gasteiger partial charge in [-0.3, -0.25) is 14.7 Å². The fourth-order valence-corrected chi connectivity index (χ4v) is 4.96. The van der Waals surface area contributed by atoms with Gasteiger partial charge in [-0.05, 0) is 46.5 Å². The van der Waals surface area contributed by atoms with Gasteiger partial charge in [-0.25, -0.2) is 4.98 Å². The molecule has 0 unspecified atom stereocenters. The first-order chi connectivity index (χ1) is 15.7. The second-order valence-corrected chi connectivity index (χ2v) is 8.78. The second kappa shape index (κ2) is 8.89. The Hall–Kier alpha value is -3.57. The van der Waals surface area contributed by atoms with E-state index < -0.39 is 0 Å². The molecule has 0 fully saturated rings. The molecule has 0 aliphatic heterocycles. The molecule has 0 saturated carbocycles. The average Bonchev–Trinajstić information content (AvgIpc) is 3.27. The van der Waals surface area contributed by atoms with Crippen molar-refractivity contribution in [1.29, 1.82) is 0 Å². The number of para-hydroxylation sites is 1. The monoisotopic (exact) mass is 437 g/mol. The van der Waals surface area contributed by atoms with Crippen molar-refractivity contribution in [2.75, 3.05) is 4.90 Å². The summed E-state index contributed by atoms with van der Waals surface area (Å²) in [4.78, 5) is 24.7. The molecule has 5 rings (SSSR count). The molecule has 0 bridgehead atoms. The number of benzene rings is 3. The van der Waals surface area contributed by atoms with E-state index in [1.165, 1.54) is 10.9 Å². The van der Waals surface area contributed by atoms with Crippen molar-refractivity contribution in [3.63, 3.8) is 0 Å². The molecule has 158 valence electrons. The topological polar surface area (TPSA) is 46.1 Å². The summed E-state index contributed by atoms with van der Waals surface area (Å²) in [6, 6.07) is 26.4. The molecule has 2 aromatic heterocycles. The Labute approximate surface area is 191 Å². The van der Waals surface area contributed by atoms with Crippen molar-refractivity contribution in [2.24, 2.45) is 0 Å². The zero-order valence-electron chi connectivity index (χ0n) is 17.9. The highest BCUT2D eigenvalue weighted by Gasteiger charge is 2.22. The predicted octanol–water partition coefficient (Wildman–Crippen LogP) is 6.18. The largest absolute Gasteiger partial charge is 0.282 e. The molecule has 4 nitrogen and oxygen atoms in total. The molecule has 5 aromatic rings. The van der Waals surface area contributed by atoms with Crippen LogP contribution in [0.2, 0.25) is 0 Å². The minimum Gasteiger partial charge on any atom is -0.282 e. The van der Waals surface area contributed by atoms with Crippen molar-refractivity contribution in [1.82, 2.24) is 9.97 Å². The Bertz CT molecular complexity index is 1390. The Morgan fingerprint density at radius 3 is 2.59 bits per heavy atom. The van der Waals surface area contributed by atoms with E-state index >= 15 is 0 Å². The third-order valence-electron chi connectivity index (χ3n) is 5.62. The first kappa shape index (κ1) is 20.3. The number of aryl methyl sites for hydroxylation is 1. The lowest BCUT2D eigenvalue weighted by Crippen LogP contribution is -2.32. The summed E-state index contributed by atoms with van der Waals surface area (Å²) in [5.74, 6) is 0.0167. The highest BCUT2D eigenvalue weighted by molar-refractivity contribution is 7.22. The Morgan fingerprint density at radius 2 is 1.78 bits per heavy atom. The van der Waals surface area contributed by atoms with Gasteiger partial charge in [0.15, 0.2) is 5.13 Å². The maximum atomic E-state index is 13.5. The molecule has 0 spiro atoms. The minimum atomic E-state index is 0.0167. The molecule has 3 aromatic carbocycles. The molecule has 0 N–H and O–H groups in total. The van der Waals surface area contributed by atoms with Crippen LogP contribution >= 0.6 is 11.3 Å². The van der Waals surface area contributed by atoms with E-state index in [0.29, 0.717) is 13.0 Å². The van der Waals surface area contributed by atoms with Crippen molar-refractivity contribution in [3.05, 3.63) is 102 Å². The van der Waals surface area contributed by atoms with Crippen molar-refractivity contribution < 1.29 is 4.79 Å². The van der Waals surface area contributed by atoms with Crippen LogP contribution in [0, 0.1) is 0 Å². The van der Waals surface area contributed by atoms with Gasteiger partial charge in [-0.15, -0.1) is 0 Å². The van der Waals surface area contributed by atoms with Crippen LogP contribution in [0.4, 0.5) is 5.13 Å². The number of anilines is 1. The van der Waals surface area contributed by atoms with Gasteiger partial charge in [0.1, 0.15) is 0 Å². The number of fused-ring (bicyclic) bond motifs is 2. The number of carbonyl (C=O) groups excluding carboxylic acids is 1. The van der Waals surface area contributed by atoms with Crippen LogP contribution in [0.25, 0.3) is 21.0 Å². The van der Waals surface area contributed by atoms with E-state index in [-0.39, 0.29) is 5.91 Å². The van der Waals surface area contributed by atoms with Gasteiger partial charge in [0.2, 0.25) is 5.91 Å². The molecule has 0 radical (unpaired) electrons. The molecule has 1 amide bonds. The van der Waals surface area contributed by atoms with Gasteiger partial charge in [-0.1, -0.05) is 78.9 Å². The highest BCUT2D eigenvalue weighted by Crippen LogP contribution is 2.32. The van der Waals surface area contributed by atoms with Gasteiger partial charge in [0.25, 0.3) is 0 Å². The number of amides is 1. The van der Waals surface area contributed by atoms with Crippen LogP contribution in [0.15, 0.2) is 85.1 Å². The molecule has 5 heteroatoms. The maximum Gasteiger partial charge on any atom is 0.233 e. The van der Waals surface area contributed by atoms with E-state index in [1.54, 1.807) is 22.4 Å². The number of pyridine rings is 1. The van der Waals surface area contributed by atoms with Crippen LogP contribution in [-0.4, -0.2) is 15.9 Å². The van der Waals surface area contributed by atoms with Gasteiger partial charge in [0, 0.05) is 6.20 Å². The zero-order chi connectivity index (χ0) is 21.9. The fraction of sp³-hybridized carbons (Fsp3) is 0.148. The van der Waals surface area contributed by atoms with Crippen molar-refractivity contribution in [2.45, 2.75) is 26.3 Å². The molecule has 32 heavy (non-hydrogen) atoms. The smallest absolute Gasteiger partial charge is 0.233 e. The summed E-state index contributed by atoms with van der Waals surface area (Å²) in [7, 11) is 0. The van der Waals surface area contributed by atoms with E-state index in [0.717, 1.165) is 38.4 Å². The lowest BCUT2D eigenvalue weighted by molar-refractivity contribution is -0.118. The molecule has 0 atom stereocenters. The molecular formula is C27H23N3OS. The number of hydrogen-bond acceptors (Lipinski definition) is 4. The minimum absolute atomic E-state index is 0.0167. The fourth-order valence-electron chi connectivity index (χ4n) is 3.93. The maximum absolute atomic E-state index is 13.5. The Balaban J connectivity index is 1.51. The van der Waals surface area contributed by atoms with Crippen molar-refractivity contribution >= 4 is 43.4 Å². The summed E-state index contributed by atoms with van der Waals surface area (Å²) in [6.45, 7) is 2.53. The van der Waals surface area contributed by atoms with Crippen molar-refractivity contribution in [3.8, 4) is 0 Å². The van der Waals surface area contributed by atoms with Crippen LogP contribution in [0.5, 0.6) is 0 Å². The Morgan fingerprint density at radius 1 is 0.938 bits per heavy atom. The standard InChI is InChI=1S/C27H23N3OS/c1-2-20-10-7-12-24-26(20)29-27(32-24)30(18-23-11-5-6-15-28-23)25(31)17-19-13-14-21-8-3-4-9-22(21)16-19/h3-16H,2,17-18H2,1H3. The van der Waals surface area contributed by atoms with Crippen LogP contribution in [-0.2, 0) is 24.2 Å². The summed E-state index contributed by atoms with van der Waals surface area (Å²) >= 11 is 1.56. The highest BCUT2D eigenvalue weighted by atomic mass is 32.1. The van der Waals surface area contributed by atoms with E-state index in [9.17, 15) is 4.79 Å². The van der Waals surface area contributed by atoms with Gasteiger partial charge < -0.3 is 0 Å². The third-order valence-corrected chi connectivity index (χ3v) is 6.66. The first-order valence-electron chi connectivity index (χ1n) is 10.8. The first-order valence-corrected chi connectivity index (χ1v) is 11.6. The molecule has 0 aliphatic rings. The summed E-state index contributed by atoms with van der Waals surface area (Å²) in [5.41, 5.74) is 4.02. The number of aromatic nitrogens is 2. The van der Waals surface area contributed by atoms with Crippen LogP contribution in [0.3, 0.4) is 0 Å². The molecule has 0 saturated heterocycles. The second-order valence-electron chi connectivity index (χ2n) is 7.77. The van der Waals surface area contributed by atoms with E-state index in [2.05, 4.69) is 54.4 Å². The summed E-state index contributed by atoms with van der Waals surface area (Å²) < 4.78 is 1.10. The Kier molecular flexibility index (Phi) is 5.65. The number of rotatable bonds is 6. The molecule has 0 aliphatic carbocycles. The molecule has 2 heterocycles. The lowest BCUT2D eigenvalue weighted by Gasteiger charge is -2.20. The zero-order valence-corrected chi connectivity index (χ0v) is 18.7. The van der Waals surface area contributed by atoms with Crippen LogP contribution in [0.1, 0.15) is 23.7 Å². The summed E-state index contributed by atoms with van der Waals surface area (Å²) in [5, 5.41) is 3.03. The van der Waals surface area contributed by atoms with Crippen LogP contribution < -0.4 is 4.90 Å². The number of hydrogen-bond donors (Lipinski definition) is 0. The normalized spacial score (nSPS) is 11.2. The summed E-state index contributed by atoms with van der Waals surface area (Å²) in [6.07, 6.45) is 2.98. The van der Waals surface area contributed by atoms with Gasteiger partial charge in [-0.2, -0.15) is 0 Å². The van der Waals surface area contributed by atoms with E-state index in [4.69, 9.17) is 4.98 Å². The van der Waals surface area contributed by atoms with Gasteiger partial charge >= 0.3 is 0 Å². The number of carbonyl (C=O) groups is 1. The lowest BCUT2D eigenvalue weighted by atomic mass is 10.0.